The van der Waals surface area contributed by atoms with Crippen molar-refractivity contribution in [2.45, 2.75) is 5.92 Å². The molecule has 2 aromatic carbocycles. The van der Waals surface area contributed by atoms with Crippen LogP contribution in [0.2, 0.25) is 0 Å². The molecule has 2 aromatic heterocycles. The van der Waals surface area contributed by atoms with E-state index in [4.69, 9.17) is 4.98 Å². The highest BCUT2D eigenvalue weighted by atomic mass is 16.2. The first-order chi connectivity index (χ1) is 14.6. The fraction of sp³-hybridized carbons (Fsp3) is 0.125. The molecule has 1 aliphatic heterocycles. The molecule has 0 saturated heterocycles. The highest BCUT2D eigenvalue weighted by molar-refractivity contribution is 6.04. The van der Waals surface area contributed by atoms with Gasteiger partial charge in [0.2, 0.25) is 5.91 Å². The zero-order valence-electron chi connectivity index (χ0n) is 16.4. The normalized spacial score (nSPS) is 15.8. The smallest absolute Gasteiger partial charge is 0.253 e. The number of carbonyl (C=O) groups excluding carboxylic acids is 2. The van der Waals surface area contributed by atoms with E-state index in [1.807, 2.05) is 77.3 Å². The molecule has 6 heteroatoms. The number of pyridine rings is 1. The van der Waals surface area contributed by atoms with Gasteiger partial charge in [0, 0.05) is 30.9 Å². The Morgan fingerprint density at radius 2 is 1.73 bits per heavy atom. The number of anilines is 1. The van der Waals surface area contributed by atoms with Crippen LogP contribution in [0.1, 0.15) is 21.8 Å². The Hall–Kier alpha value is -3.93. The second-order valence-electron chi connectivity index (χ2n) is 7.42. The van der Waals surface area contributed by atoms with Crippen LogP contribution in [0.3, 0.4) is 0 Å². The van der Waals surface area contributed by atoms with E-state index in [9.17, 15) is 9.59 Å². The van der Waals surface area contributed by atoms with Crippen molar-refractivity contribution in [3.8, 4) is 11.3 Å². The van der Waals surface area contributed by atoms with Gasteiger partial charge in [-0.05, 0) is 23.8 Å². The lowest BCUT2D eigenvalue weighted by Gasteiger charge is -2.31. The molecule has 30 heavy (non-hydrogen) atoms. The monoisotopic (exact) mass is 396 g/mol. The molecular formula is C24H20N4O2. The van der Waals surface area contributed by atoms with E-state index in [-0.39, 0.29) is 11.8 Å². The average Bonchev–Trinajstić information content (AvgIpc) is 3.15. The molecule has 1 N–H and O–H groups in total. The molecule has 0 bridgehead atoms. The number of amides is 2. The molecule has 3 heterocycles. The molecule has 1 unspecified atom stereocenters. The molecule has 1 atom stereocenters. The van der Waals surface area contributed by atoms with Gasteiger partial charge < -0.3 is 10.2 Å². The third-order valence-electron chi connectivity index (χ3n) is 5.50. The van der Waals surface area contributed by atoms with E-state index in [1.54, 1.807) is 18.0 Å². The van der Waals surface area contributed by atoms with Gasteiger partial charge in [0.1, 0.15) is 17.2 Å². The number of imidazole rings is 1. The van der Waals surface area contributed by atoms with Gasteiger partial charge in [-0.2, -0.15) is 0 Å². The summed E-state index contributed by atoms with van der Waals surface area (Å²) in [5.74, 6) is -0.0559. The Balaban J connectivity index is 1.57. The molecule has 2 amide bonds. The average molecular weight is 396 g/mol. The summed E-state index contributed by atoms with van der Waals surface area (Å²) in [5.41, 5.74) is 3.72. The highest BCUT2D eigenvalue weighted by Crippen LogP contribution is 2.32. The Kier molecular flexibility index (Phi) is 4.32. The molecule has 148 valence electrons. The third kappa shape index (κ3) is 2.93. The van der Waals surface area contributed by atoms with Crippen LogP contribution < -0.4 is 5.32 Å². The zero-order valence-corrected chi connectivity index (χ0v) is 16.4. The topological polar surface area (TPSA) is 66.7 Å². The van der Waals surface area contributed by atoms with Crippen LogP contribution in [-0.4, -0.2) is 39.7 Å². The van der Waals surface area contributed by atoms with Crippen LogP contribution in [0.4, 0.5) is 5.82 Å². The van der Waals surface area contributed by atoms with Gasteiger partial charge in [-0.1, -0.05) is 54.6 Å². The van der Waals surface area contributed by atoms with Crippen molar-refractivity contribution in [2.24, 2.45) is 0 Å². The first-order valence-electron chi connectivity index (χ1n) is 9.81. The number of nitrogens with zero attached hydrogens (tertiary/aromatic N) is 3. The summed E-state index contributed by atoms with van der Waals surface area (Å²) in [6, 6.07) is 22.8. The maximum absolute atomic E-state index is 13.4. The summed E-state index contributed by atoms with van der Waals surface area (Å²) in [6.45, 7) is 0.332. The Labute approximate surface area is 173 Å². The van der Waals surface area contributed by atoms with Gasteiger partial charge >= 0.3 is 0 Å². The molecule has 1 aliphatic rings. The number of carbonyl (C=O) groups is 2. The fourth-order valence-electron chi connectivity index (χ4n) is 4.00. The maximum Gasteiger partial charge on any atom is 0.253 e. The quantitative estimate of drug-likeness (QED) is 0.573. The molecule has 5 rings (SSSR count). The zero-order chi connectivity index (χ0) is 20.7. The summed E-state index contributed by atoms with van der Waals surface area (Å²) in [5, 5.41) is 3.10. The predicted octanol–water partition coefficient (Wildman–Crippen LogP) is 3.81. The molecule has 0 aliphatic carbocycles. The molecule has 0 spiro atoms. The van der Waals surface area contributed by atoms with Gasteiger partial charge in [0.05, 0.1) is 5.92 Å². The van der Waals surface area contributed by atoms with Gasteiger partial charge in [-0.15, -0.1) is 0 Å². The summed E-state index contributed by atoms with van der Waals surface area (Å²) in [7, 11) is 1.72. The first-order valence-corrected chi connectivity index (χ1v) is 9.81. The second kappa shape index (κ2) is 7.15. The van der Waals surface area contributed by atoms with E-state index >= 15 is 0 Å². The molecular weight excluding hydrogens is 376 g/mol. The van der Waals surface area contributed by atoms with Crippen LogP contribution in [0.15, 0.2) is 79.0 Å². The maximum atomic E-state index is 13.4. The van der Waals surface area contributed by atoms with Gasteiger partial charge in [-0.25, -0.2) is 4.98 Å². The van der Waals surface area contributed by atoms with Gasteiger partial charge in [0.25, 0.3) is 5.91 Å². The Morgan fingerprint density at radius 3 is 2.57 bits per heavy atom. The van der Waals surface area contributed by atoms with Gasteiger partial charge in [0.15, 0.2) is 0 Å². The number of nitrogens with one attached hydrogen (secondary N) is 1. The third-order valence-corrected chi connectivity index (χ3v) is 5.50. The van der Waals surface area contributed by atoms with Crippen molar-refractivity contribution in [3.63, 3.8) is 0 Å². The minimum Gasteiger partial charge on any atom is -0.341 e. The molecule has 4 aromatic rings. The van der Waals surface area contributed by atoms with Crippen LogP contribution in [0.25, 0.3) is 16.9 Å². The summed E-state index contributed by atoms with van der Waals surface area (Å²) >= 11 is 0. The fourth-order valence-corrected chi connectivity index (χ4v) is 4.00. The number of rotatable bonds is 3. The van der Waals surface area contributed by atoms with E-state index in [1.165, 1.54) is 0 Å². The van der Waals surface area contributed by atoms with Crippen LogP contribution in [0.5, 0.6) is 0 Å². The van der Waals surface area contributed by atoms with Crippen LogP contribution in [-0.2, 0) is 4.79 Å². The van der Waals surface area contributed by atoms with Gasteiger partial charge in [-0.3, -0.25) is 14.0 Å². The highest BCUT2D eigenvalue weighted by Gasteiger charge is 2.34. The molecule has 0 fully saturated rings. The number of aromatic nitrogens is 2. The minimum atomic E-state index is -0.457. The lowest BCUT2D eigenvalue weighted by molar-refractivity contribution is -0.118. The number of fused-ring (bicyclic) bond motifs is 2. The standard InChI is InChI=1S/C24H20N4O2/c1-27-15-19(17-11-5-6-12-18(17)24(27)30)23(29)26-22-21(16-9-3-2-4-10-16)25-20-13-7-8-14-28(20)22/h2-14,19H,15H2,1H3,(H,26,29). The Bertz CT molecular complexity index is 1260. The SMILES string of the molecule is CN1CC(C(=O)Nc2c(-c3ccccc3)nc3ccccn23)c2ccccc2C1=O. The molecule has 0 radical (unpaired) electrons. The number of hydrogen-bond acceptors (Lipinski definition) is 3. The number of likely N-dealkylation sites (N-methyl/N-ethyl adjacent to an activating group) is 1. The second-order valence-corrected chi connectivity index (χ2v) is 7.42. The molecule has 0 saturated carbocycles. The van der Waals surface area contributed by atoms with E-state index in [2.05, 4.69) is 5.32 Å². The number of hydrogen-bond donors (Lipinski definition) is 1. The van der Waals surface area contributed by atoms with Crippen LogP contribution >= 0.6 is 0 Å². The minimum absolute atomic E-state index is 0.0607. The Morgan fingerprint density at radius 1 is 1.00 bits per heavy atom. The molecule has 6 nitrogen and oxygen atoms in total. The predicted molar refractivity (Wildman–Crippen MR) is 115 cm³/mol. The van der Waals surface area contributed by atoms with Crippen molar-refractivity contribution in [3.05, 3.63) is 90.1 Å². The van der Waals surface area contributed by atoms with Crippen molar-refractivity contribution in [1.29, 1.82) is 0 Å². The van der Waals surface area contributed by atoms with E-state index in [0.717, 1.165) is 16.8 Å². The summed E-state index contributed by atoms with van der Waals surface area (Å²) in [6.07, 6.45) is 1.88. The van der Waals surface area contributed by atoms with Crippen molar-refractivity contribution in [1.82, 2.24) is 14.3 Å². The van der Waals surface area contributed by atoms with Crippen molar-refractivity contribution >= 4 is 23.3 Å². The summed E-state index contributed by atoms with van der Waals surface area (Å²) < 4.78 is 1.88. The lowest BCUT2D eigenvalue weighted by atomic mass is 9.89. The van der Waals surface area contributed by atoms with Crippen LogP contribution in [0, 0.1) is 0 Å². The van der Waals surface area contributed by atoms with E-state index in [0.29, 0.717) is 23.6 Å². The first kappa shape index (κ1) is 18.1. The largest absolute Gasteiger partial charge is 0.341 e. The van der Waals surface area contributed by atoms with Crippen molar-refractivity contribution in [2.75, 3.05) is 18.9 Å². The number of benzene rings is 2. The van der Waals surface area contributed by atoms with E-state index < -0.39 is 5.92 Å². The van der Waals surface area contributed by atoms with Crippen molar-refractivity contribution < 1.29 is 9.59 Å². The lowest BCUT2D eigenvalue weighted by Crippen LogP contribution is -2.41. The summed E-state index contributed by atoms with van der Waals surface area (Å²) in [4.78, 5) is 32.2.